The molecule has 7 heteroatoms. The van der Waals surface area contributed by atoms with E-state index in [1.54, 1.807) is 0 Å². The number of hydrogen-bond acceptors (Lipinski definition) is 4. The van der Waals surface area contributed by atoms with Gasteiger partial charge < -0.3 is 20.5 Å². The molecule has 0 radical (unpaired) electrons. The van der Waals surface area contributed by atoms with Crippen LogP contribution in [0.2, 0.25) is 0 Å². The van der Waals surface area contributed by atoms with Gasteiger partial charge in [0.25, 0.3) is 5.91 Å². The summed E-state index contributed by atoms with van der Waals surface area (Å²) in [6.07, 6.45) is 0.763. The number of nitrogens with zero attached hydrogens (tertiary/aromatic N) is 1. The molecule has 1 atom stereocenters. The summed E-state index contributed by atoms with van der Waals surface area (Å²) in [4.78, 5) is 24.3. The van der Waals surface area contributed by atoms with Gasteiger partial charge in [0, 0.05) is 12.1 Å². The van der Waals surface area contributed by atoms with Crippen LogP contribution >= 0.6 is 0 Å². The Labute approximate surface area is 127 Å². The molecule has 0 aliphatic carbocycles. The molecule has 1 heterocycles. The van der Waals surface area contributed by atoms with Crippen LogP contribution in [0.15, 0.2) is 24.3 Å². The standard InChI is InChI=1S/C15H19FN2O4/c16-15(10-19)6-1-7-18(9-15)13(20)8-22-12-4-2-11(3-5-12)14(17)21/h2-5,19H,1,6-10H2,(H2,17,21). The van der Waals surface area contributed by atoms with Gasteiger partial charge in [0.1, 0.15) is 5.75 Å². The van der Waals surface area contributed by atoms with Crippen LogP contribution in [0.25, 0.3) is 0 Å². The lowest BCUT2D eigenvalue weighted by Crippen LogP contribution is -2.50. The van der Waals surface area contributed by atoms with Crippen molar-refractivity contribution in [1.29, 1.82) is 0 Å². The van der Waals surface area contributed by atoms with E-state index < -0.39 is 18.2 Å². The van der Waals surface area contributed by atoms with Crippen molar-refractivity contribution >= 4 is 11.8 Å². The second-order valence-corrected chi connectivity index (χ2v) is 5.41. The molecule has 2 amide bonds. The number of carbonyl (C=O) groups excluding carboxylic acids is 2. The summed E-state index contributed by atoms with van der Waals surface area (Å²) in [5.41, 5.74) is 3.75. The first kappa shape index (κ1) is 16.2. The lowest BCUT2D eigenvalue weighted by molar-refractivity contribution is -0.138. The van der Waals surface area contributed by atoms with Crippen LogP contribution in [0.3, 0.4) is 0 Å². The monoisotopic (exact) mass is 310 g/mol. The van der Waals surface area contributed by atoms with Gasteiger partial charge in [-0.25, -0.2) is 4.39 Å². The molecule has 1 saturated heterocycles. The number of carbonyl (C=O) groups is 2. The number of halogens is 1. The van der Waals surface area contributed by atoms with Crippen molar-refractivity contribution in [2.75, 3.05) is 26.3 Å². The van der Waals surface area contributed by atoms with Gasteiger partial charge in [0.2, 0.25) is 5.91 Å². The van der Waals surface area contributed by atoms with Crippen molar-refractivity contribution in [3.05, 3.63) is 29.8 Å². The van der Waals surface area contributed by atoms with E-state index in [2.05, 4.69) is 0 Å². The van der Waals surface area contributed by atoms with Crippen molar-refractivity contribution in [2.45, 2.75) is 18.5 Å². The zero-order valence-corrected chi connectivity index (χ0v) is 12.1. The van der Waals surface area contributed by atoms with Crippen LogP contribution in [0.1, 0.15) is 23.2 Å². The van der Waals surface area contributed by atoms with Gasteiger partial charge >= 0.3 is 0 Å². The molecular formula is C15H19FN2O4. The van der Waals surface area contributed by atoms with Crippen LogP contribution in [-0.2, 0) is 4.79 Å². The maximum absolute atomic E-state index is 14.1. The largest absolute Gasteiger partial charge is 0.484 e. The van der Waals surface area contributed by atoms with Gasteiger partial charge in [-0.2, -0.15) is 0 Å². The van der Waals surface area contributed by atoms with Crippen molar-refractivity contribution in [3.63, 3.8) is 0 Å². The highest BCUT2D eigenvalue weighted by atomic mass is 19.1. The molecule has 1 aromatic carbocycles. The Hall–Kier alpha value is -2.15. The van der Waals surface area contributed by atoms with E-state index in [0.29, 0.717) is 24.3 Å². The number of amides is 2. The second kappa shape index (κ2) is 6.74. The molecule has 2 rings (SSSR count). The van der Waals surface area contributed by atoms with E-state index in [-0.39, 0.29) is 25.5 Å². The first-order chi connectivity index (χ1) is 10.4. The Morgan fingerprint density at radius 1 is 1.36 bits per heavy atom. The highest BCUT2D eigenvalue weighted by molar-refractivity contribution is 5.92. The Kier molecular flexibility index (Phi) is 4.97. The number of likely N-dealkylation sites (tertiary alicyclic amines) is 1. The van der Waals surface area contributed by atoms with Crippen LogP contribution < -0.4 is 10.5 Å². The zero-order valence-electron chi connectivity index (χ0n) is 12.1. The first-order valence-corrected chi connectivity index (χ1v) is 7.04. The summed E-state index contributed by atoms with van der Waals surface area (Å²) in [5, 5.41) is 9.05. The fourth-order valence-electron chi connectivity index (χ4n) is 2.38. The van der Waals surface area contributed by atoms with E-state index in [1.165, 1.54) is 29.2 Å². The van der Waals surface area contributed by atoms with Gasteiger partial charge in [-0.1, -0.05) is 0 Å². The zero-order chi connectivity index (χ0) is 16.2. The van der Waals surface area contributed by atoms with E-state index in [1.807, 2.05) is 0 Å². The van der Waals surface area contributed by atoms with Gasteiger partial charge in [0.15, 0.2) is 12.3 Å². The molecule has 0 saturated carbocycles. The summed E-state index contributed by atoms with van der Waals surface area (Å²) >= 11 is 0. The molecule has 1 unspecified atom stereocenters. The maximum atomic E-state index is 14.1. The fraction of sp³-hybridized carbons (Fsp3) is 0.467. The third-order valence-electron chi connectivity index (χ3n) is 3.66. The van der Waals surface area contributed by atoms with Crippen molar-refractivity contribution < 1.29 is 23.8 Å². The highest BCUT2D eigenvalue weighted by Crippen LogP contribution is 2.24. The molecule has 3 N–H and O–H groups in total. The van der Waals surface area contributed by atoms with E-state index in [9.17, 15) is 14.0 Å². The minimum Gasteiger partial charge on any atom is -0.484 e. The van der Waals surface area contributed by atoms with Crippen LogP contribution in [0.4, 0.5) is 4.39 Å². The van der Waals surface area contributed by atoms with Crippen LogP contribution in [-0.4, -0.2) is 53.8 Å². The molecule has 0 spiro atoms. The summed E-state index contributed by atoms with van der Waals surface area (Å²) in [7, 11) is 0. The van der Waals surface area contributed by atoms with Gasteiger partial charge in [-0.15, -0.1) is 0 Å². The molecule has 1 aliphatic heterocycles. The van der Waals surface area contributed by atoms with Gasteiger partial charge in [-0.05, 0) is 37.1 Å². The lowest BCUT2D eigenvalue weighted by atomic mass is 9.95. The average Bonchev–Trinajstić information content (AvgIpc) is 2.53. The predicted octanol–water partition coefficient (Wildman–Crippen LogP) is 0.487. The lowest BCUT2D eigenvalue weighted by Gasteiger charge is -2.36. The number of hydrogen-bond donors (Lipinski definition) is 2. The van der Waals surface area contributed by atoms with E-state index in [4.69, 9.17) is 15.6 Å². The third-order valence-corrected chi connectivity index (χ3v) is 3.66. The number of benzene rings is 1. The minimum atomic E-state index is -1.73. The van der Waals surface area contributed by atoms with Gasteiger partial charge in [-0.3, -0.25) is 9.59 Å². The molecule has 1 fully saturated rings. The number of alkyl halides is 1. The normalized spacial score (nSPS) is 21.5. The number of aliphatic hydroxyl groups excluding tert-OH is 1. The van der Waals surface area contributed by atoms with E-state index in [0.717, 1.165) is 0 Å². The molecular weight excluding hydrogens is 291 g/mol. The fourth-order valence-corrected chi connectivity index (χ4v) is 2.38. The summed E-state index contributed by atoms with van der Waals surface area (Å²) in [6, 6.07) is 6.08. The number of rotatable bonds is 5. The SMILES string of the molecule is NC(=O)c1ccc(OCC(=O)N2CCCC(F)(CO)C2)cc1. The maximum Gasteiger partial charge on any atom is 0.260 e. The molecule has 0 aromatic heterocycles. The summed E-state index contributed by atoms with van der Waals surface area (Å²) in [6.45, 7) is -0.482. The summed E-state index contributed by atoms with van der Waals surface area (Å²) in [5.74, 6) is -0.461. The molecule has 120 valence electrons. The molecule has 6 nitrogen and oxygen atoms in total. The summed E-state index contributed by atoms with van der Waals surface area (Å²) < 4.78 is 19.4. The Morgan fingerprint density at radius 3 is 2.64 bits per heavy atom. The second-order valence-electron chi connectivity index (χ2n) is 5.41. The van der Waals surface area contributed by atoms with Gasteiger partial charge in [0.05, 0.1) is 13.2 Å². The number of aliphatic hydroxyl groups is 1. The van der Waals surface area contributed by atoms with Crippen LogP contribution in [0, 0.1) is 0 Å². The third kappa shape index (κ3) is 3.94. The molecule has 1 aromatic rings. The molecule has 22 heavy (non-hydrogen) atoms. The first-order valence-electron chi connectivity index (χ1n) is 7.04. The van der Waals surface area contributed by atoms with Crippen molar-refractivity contribution in [3.8, 4) is 5.75 Å². The topological polar surface area (TPSA) is 92.9 Å². The predicted molar refractivity (Wildman–Crippen MR) is 77.2 cm³/mol. The highest BCUT2D eigenvalue weighted by Gasteiger charge is 2.36. The van der Waals surface area contributed by atoms with Crippen molar-refractivity contribution in [2.24, 2.45) is 5.73 Å². The minimum absolute atomic E-state index is 0.119. The Morgan fingerprint density at radius 2 is 2.05 bits per heavy atom. The number of piperidine rings is 1. The van der Waals surface area contributed by atoms with Crippen molar-refractivity contribution in [1.82, 2.24) is 4.90 Å². The number of primary amides is 1. The number of nitrogens with two attached hydrogens (primary N) is 1. The van der Waals surface area contributed by atoms with Crippen LogP contribution in [0.5, 0.6) is 5.75 Å². The molecule has 0 bridgehead atoms. The smallest absolute Gasteiger partial charge is 0.260 e. The molecule has 1 aliphatic rings. The quantitative estimate of drug-likeness (QED) is 0.827. The van der Waals surface area contributed by atoms with E-state index >= 15 is 0 Å². The number of ether oxygens (including phenoxy) is 1. The average molecular weight is 310 g/mol. The Balaban J connectivity index is 1.88. The Bertz CT molecular complexity index is 549.